The summed E-state index contributed by atoms with van der Waals surface area (Å²) in [6, 6.07) is 0. The van der Waals surface area contributed by atoms with Crippen LogP contribution in [0, 0.1) is 0 Å². The minimum Gasteiger partial charge on any atom is -0.355 e. The minimum absolute atomic E-state index is 0.00837. The zero-order valence-corrected chi connectivity index (χ0v) is 14.2. The molecule has 0 bridgehead atoms. The number of aromatic nitrogens is 1. The van der Waals surface area contributed by atoms with E-state index in [-0.39, 0.29) is 30.4 Å². The van der Waals surface area contributed by atoms with Gasteiger partial charge in [0.25, 0.3) is 0 Å². The number of sulfonamides is 1. The van der Waals surface area contributed by atoms with Crippen LogP contribution in [0.4, 0.5) is 13.2 Å². The fraction of sp³-hybridized carbons (Fsp3) is 0.636. The number of aliphatic imine (C=N–C) groups is 1. The lowest BCUT2D eigenvalue weighted by Crippen LogP contribution is -2.41. The Morgan fingerprint density at radius 1 is 1.35 bits per heavy atom. The molecule has 0 radical (unpaired) electrons. The molecule has 132 valence electrons. The normalized spacial score (nSPS) is 13.2. The number of hydrogen-bond acceptors (Lipinski definition) is 5. The van der Waals surface area contributed by atoms with E-state index in [4.69, 9.17) is 0 Å². The molecule has 3 N–H and O–H groups in total. The first-order valence-corrected chi connectivity index (χ1v) is 9.14. The van der Waals surface area contributed by atoms with Crippen molar-refractivity contribution in [2.45, 2.75) is 19.6 Å². The topological polar surface area (TPSA) is 95.5 Å². The predicted molar refractivity (Wildman–Crippen MR) is 82.8 cm³/mol. The van der Waals surface area contributed by atoms with Gasteiger partial charge in [0, 0.05) is 25.5 Å². The number of nitrogens with zero attached hydrogens (tertiary/aromatic N) is 2. The summed E-state index contributed by atoms with van der Waals surface area (Å²) in [5.74, 6) is 0.329. The molecule has 0 saturated carbocycles. The molecule has 12 heteroatoms. The molecule has 0 amide bonds. The highest BCUT2D eigenvalue weighted by Gasteiger charge is 2.33. The van der Waals surface area contributed by atoms with E-state index in [2.05, 4.69) is 25.3 Å². The molecular weight excluding hydrogens is 355 g/mol. The van der Waals surface area contributed by atoms with Crippen molar-refractivity contribution >= 4 is 27.3 Å². The zero-order chi connectivity index (χ0) is 17.5. The van der Waals surface area contributed by atoms with Gasteiger partial charge in [0.15, 0.2) is 11.7 Å². The van der Waals surface area contributed by atoms with Crippen LogP contribution in [0.15, 0.2) is 10.4 Å². The van der Waals surface area contributed by atoms with Crippen LogP contribution in [0.5, 0.6) is 0 Å². The van der Waals surface area contributed by atoms with E-state index >= 15 is 0 Å². The maximum atomic E-state index is 12.4. The van der Waals surface area contributed by atoms with Gasteiger partial charge in [-0.2, -0.15) is 13.2 Å². The fourth-order valence-electron chi connectivity index (χ4n) is 1.39. The summed E-state index contributed by atoms with van der Waals surface area (Å²) < 4.78 is 62.1. The molecule has 0 aliphatic heterocycles. The summed E-state index contributed by atoms with van der Waals surface area (Å²) in [5.41, 5.74) is -0.920. The lowest BCUT2D eigenvalue weighted by atomic mass is 10.5. The smallest absolute Gasteiger partial charge is 0.355 e. The minimum atomic E-state index is -4.45. The number of halogens is 3. The quantitative estimate of drug-likeness (QED) is 0.373. The molecule has 23 heavy (non-hydrogen) atoms. The van der Waals surface area contributed by atoms with Crippen LogP contribution in [-0.2, 0) is 22.7 Å². The Morgan fingerprint density at radius 2 is 2.04 bits per heavy atom. The van der Waals surface area contributed by atoms with Gasteiger partial charge in [-0.25, -0.2) is 18.1 Å². The molecule has 1 aromatic rings. The molecule has 1 aromatic heterocycles. The van der Waals surface area contributed by atoms with Crippen LogP contribution in [0.1, 0.15) is 17.6 Å². The van der Waals surface area contributed by atoms with E-state index in [0.717, 1.165) is 16.7 Å². The Bertz CT molecular complexity index is 628. The van der Waals surface area contributed by atoms with Gasteiger partial charge in [-0.3, -0.25) is 4.99 Å². The highest BCUT2D eigenvalue weighted by molar-refractivity contribution is 7.89. The van der Waals surface area contributed by atoms with Gasteiger partial charge in [-0.15, -0.1) is 11.3 Å². The molecule has 1 heterocycles. The summed E-state index contributed by atoms with van der Waals surface area (Å²) in [5, 5.41) is 6.87. The van der Waals surface area contributed by atoms with E-state index in [1.165, 1.54) is 14.0 Å². The Kier molecular flexibility index (Phi) is 7.22. The maximum Gasteiger partial charge on any atom is 0.434 e. The van der Waals surface area contributed by atoms with Crippen molar-refractivity contribution in [1.82, 2.24) is 20.3 Å². The van der Waals surface area contributed by atoms with Gasteiger partial charge in [0.05, 0.1) is 12.3 Å². The van der Waals surface area contributed by atoms with Gasteiger partial charge in [0.1, 0.15) is 5.01 Å². The summed E-state index contributed by atoms with van der Waals surface area (Å²) in [4.78, 5) is 7.37. The third kappa shape index (κ3) is 7.14. The lowest BCUT2D eigenvalue weighted by Gasteiger charge is -2.11. The van der Waals surface area contributed by atoms with Gasteiger partial charge in [-0.05, 0) is 6.92 Å². The van der Waals surface area contributed by atoms with E-state index in [1.54, 1.807) is 0 Å². The van der Waals surface area contributed by atoms with E-state index in [9.17, 15) is 21.6 Å². The molecule has 0 aromatic carbocycles. The molecule has 0 fully saturated rings. The molecule has 0 atom stereocenters. The van der Waals surface area contributed by atoms with Crippen molar-refractivity contribution in [1.29, 1.82) is 0 Å². The Labute approximate surface area is 136 Å². The molecule has 0 aliphatic carbocycles. The largest absolute Gasteiger partial charge is 0.434 e. The van der Waals surface area contributed by atoms with Crippen LogP contribution in [0.3, 0.4) is 0 Å². The van der Waals surface area contributed by atoms with E-state index < -0.39 is 21.9 Å². The van der Waals surface area contributed by atoms with Crippen LogP contribution in [0.2, 0.25) is 0 Å². The second-order valence-corrected chi connectivity index (χ2v) is 7.31. The average Bonchev–Trinajstić information content (AvgIpc) is 2.95. The van der Waals surface area contributed by atoms with Gasteiger partial charge in [0.2, 0.25) is 10.0 Å². The van der Waals surface area contributed by atoms with Crippen molar-refractivity contribution in [2.75, 3.05) is 25.9 Å². The predicted octanol–water partition coefficient (Wildman–Crippen LogP) is 0.766. The molecule has 0 saturated heterocycles. The Balaban J connectivity index is 2.39. The van der Waals surface area contributed by atoms with Gasteiger partial charge in [-0.1, -0.05) is 0 Å². The summed E-state index contributed by atoms with van der Waals surface area (Å²) in [6.45, 7) is 2.07. The maximum absolute atomic E-state index is 12.4. The summed E-state index contributed by atoms with van der Waals surface area (Å²) >= 11 is 0.896. The average molecular weight is 373 g/mol. The molecular formula is C11H18F3N5O2S2. The van der Waals surface area contributed by atoms with Crippen molar-refractivity contribution in [2.24, 2.45) is 4.99 Å². The number of hydrogen-bond donors (Lipinski definition) is 3. The van der Waals surface area contributed by atoms with Crippen molar-refractivity contribution in [3.63, 3.8) is 0 Å². The van der Waals surface area contributed by atoms with Crippen molar-refractivity contribution < 1.29 is 21.6 Å². The molecule has 1 rings (SSSR count). The third-order valence-corrected chi connectivity index (χ3v) is 4.85. The summed E-state index contributed by atoms with van der Waals surface area (Å²) in [7, 11) is -1.76. The van der Waals surface area contributed by atoms with Crippen molar-refractivity contribution in [3.8, 4) is 0 Å². The molecule has 0 aliphatic rings. The zero-order valence-electron chi connectivity index (χ0n) is 12.6. The van der Waals surface area contributed by atoms with Gasteiger partial charge < -0.3 is 10.6 Å². The van der Waals surface area contributed by atoms with E-state index in [1.807, 2.05) is 0 Å². The number of rotatable bonds is 7. The highest BCUT2D eigenvalue weighted by Crippen LogP contribution is 2.29. The second kappa shape index (κ2) is 8.45. The summed E-state index contributed by atoms with van der Waals surface area (Å²) in [6.07, 6.45) is -4.45. The first-order valence-electron chi connectivity index (χ1n) is 6.61. The number of alkyl halides is 3. The third-order valence-electron chi connectivity index (χ3n) is 2.59. The van der Waals surface area contributed by atoms with Crippen LogP contribution >= 0.6 is 11.3 Å². The highest BCUT2D eigenvalue weighted by atomic mass is 32.2. The monoisotopic (exact) mass is 373 g/mol. The molecule has 0 unspecified atom stereocenters. The second-order valence-electron chi connectivity index (χ2n) is 4.27. The number of guanidine groups is 1. The Hall–Kier alpha value is -1.40. The fourth-order valence-corrected chi connectivity index (χ4v) is 2.75. The van der Waals surface area contributed by atoms with Crippen LogP contribution in [-0.4, -0.2) is 45.3 Å². The lowest BCUT2D eigenvalue weighted by molar-refractivity contribution is -0.140. The first-order chi connectivity index (χ1) is 10.7. The van der Waals surface area contributed by atoms with Crippen molar-refractivity contribution in [3.05, 3.63) is 16.1 Å². The molecule has 7 nitrogen and oxygen atoms in total. The van der Waals surface area contributed by atoms with Gasteiger partial charge >= 0.3 is 6.18 Å². The molecule has 0 spiro atoms. The van der Waals surface area contributed by atoms with E-state index in [0.29, 0.717) is 5.96 Å². The number of thiazole rings is 1. The van der Waals surface area contributed by atoms with Crippen LogP contribution < -0.4 is 15.4 Å². The SMILES string of the molecule is CCS(=O)(=O)NCCNC(=NC)NCc1nc(C(F)(F)F)cs1. The first kappa shape index (κ1) is 19.6. The number of nitrogens with one attached hydrogen (secondary N) is 3. The van der Waals surface area contributed by atoms with Crippen LogP contribution in [0.25, 0.3) is 0 Å². The Morgan fingerprint density at radius 3 is 2.57 bits per heavy atom. The standard InChI is InChI=1S/C11H18F3N5O2S2/c1-3-23(20,21)18-5-4-16-10(15-2)17-6-9-19-8(7-22-9)11(12,13)14/h7,18H,3-6H2,1-2H3,(H2,15,16,17).